The number of hydrogen-bond acceptors (Lipinski definition) is 3. The summed E-state index contributed by atoms with van der Waals surface area (Å²) >= 11 is 0. The second kappa shape index (κ2) is 5.11. The maximum Gasteiger partial charge on any atom is 0.317 e. The molecule has 1 aliphatic heterocycles. The van der Waals surface area contributed by atoms with Crippen molar-refractivity contribution >= 4 is 11.9 Å². The van der Waals surface area contributed by atoms with Gasteiger partial charge in [0, 0.05) is 26.1 Å². The molecule has 1 atom stereocenters. The van der Waals surface area contributed by atoms with E-state index in [1.165, 1.54) is 0 Å². The number of likely N-dealkylation sites (N-methyl/N-ethyl adjacent to an activating group) is 1. The summed E-state index contributed by atoms with van der Waals surface area (Å²) in [7, 11) is 1.77. The maximum absolute atomic E-state index is 11.3. The number of carbonyl (C=O) groups is 2. The molecule has 1 saturated heterocycles. The van der Waals surface area contributed by atoms with Crippen LogP contribution in [0, 0.1) is 0 Å². The highest BCUT2D eigenvalue weighted by molar-refractivity contribution is 5.74. The van der Waals surface area contributed by atoms with Gasteiger partial charge in [0.2, 0.25) is 5.91 Å². The van der Waals surface area contributed by atoms with Gasteiger partial charge in [0.05, 0.1) is 6.54 Å². The molecule has 86 valence electrons. The van der Waals surface area contributed by atoms with Crippen LogP contribution < -0.4 is 0 Å². The molecule has 0 bridgehead atoms. The highest BCUT2D eigenvalue weighted by atomic mass is 16.4. The van der Waals surface area contributed by atoms with E-state index in [1.54, 1.807) is 18.9 Å². The summed E-state index contributed by atoms with van der Waals surface area (Å²) in [5.41, 5.74) is 0. The fourth-order valence-corrected chi connectivity index (χ4v) is 2.10. The number of amides is 1. The molecule has 1 amide bonds. The minimum absolute atomic E-state index is 0.0300. The van der Waals surface area contributed by atoms with Gasteiger partial charge in [-0.15, -0.1) is 0 Å². The summed E-state index contributed by atoms with van der Waals surface area (Å²) in [5.74, 6) is -0.744. The van der Waals surface area contributed by atoms with E-state index in [1.807, 2.05) is 4.90 Å². The third kappa shape index (κ3) is 3.51. The summed E-state index contributed by atoms with van der Waals surface area (Å²) in [6.07, 6.45) is 1.99. The second-order valence-electron chi connectivity index (χ2n) is 4.10. The van der Waals surface area contributed by atoms with Crippen molar-refractivity contribution in [3.8, 4) is 0 Å². The van der Waals surface area contributed by atoms with Gasteiger partial charge >= 0.3 is 5.97 Å². The van der Waals surface area contributed by atoms with Crippen molar-refractivity contribution in [1.29, 1.82) is 0 Å². The SMILES string of the molecule is CC(=O)N1CCCC1CN(C)CC(=O)O. The van der Waals surface area contributed by atoms with Crippen LogP contribution in [0.3, 0.4) is 0 Å². The molecule has 0 aromatic rings. The van der Waals surface area contributed by atoms with Crippen molar-refractivity contribution < 1.29 is 14.7 Å². The summed E-state index contributed by atoms with van der Waals surface area (Å²) in [6.45, 7) is 3.05. The van der Waals surface area contributed by atoms with Crippen molar-refractivity contribution in [1.82, 2.24) is 9.80 Å². The Morgan fingerprint density at radius 3 is 2.73 bits per heavy atom. The van der Waals surface area contributed by atoms with Crippen LogP contribution in [0.2, 0.25) is 0 Å². The molecule has 0 aromatic heterocycles. The van der Waals surface area contributed by atoms with E-state index < -0.39 is 5.97 Å². The fraction of sp³-hybridized carbons (Fsp3) is 0.800. The lowest BCUT2D eigenvalue weighted by molar-refractivity contribution is -0.138. The second-order valence-corrected chi connectivity index (χ2v) is 4.10. The van der Waals surface area contributed by atoms with Crippen molar-refractivity contribution in [2.45, 2.75) is 25.8 Å². The van der Waals surface area contributed by atoms with E-state index in [0.29, 0.717) is 6.54 Å². The molecule has 1 heterocycles. The van der Waals surface area contributed by atoms with Gasteiger partial charge in [-0.3, -0.25) is 14.5 Å². The predicted octanol–water partition coefficient (Wildman–Crippen LogP) is 0.0137. The smallest absolute Gasteiger partial charge is 0.317 e. The molecule has 5 heteroatoms. The average molecular weight is 214 g/mol. The zero-order valence-electron chi connectivity index (χ0n) is 9.27. The van der Waals surface area contributed by atoms with Crippen LogP contribution in [0.1, 0.15) is 19.8 Å². The lowest BCUT2D eigenvalue weighted by Gasteiger charge is -2.27. The highest BCUT2D eigenvalue weighted by Gasteiger charge is 2.27. The predicted molar refractivity (Wildman–Crippen MR) is 55.5 cm³/mol. The molecular weight excluding hydrogens is 196 g/mol. The van der Waals surface area contributed by atoms with Gasteiger partial charge < -0.3 is 10.0 Å². The van der Waals surface area contributed by atoms with Crippen LogP contribution in [0.25, 0.3) is 0 Å². The van der Waals surface area contributed by atoms with Gasteiger partial charge in [0.1, 0.15) is 0 Å². The zero-order valence-corrected chi connectivity index (χ0v) is 9.27. The van der Waals surface area contributed by atoms with E-state index in [9.17, 15) is 9.59 Å². The summed E-state index contributed by atoms with van der Waals surface area (Å²) in [6, 6.07) is 0.187. The third-order valence-electron chi connectivity index (χ3n) is 2.71. The number of rotatable bonds is 4. The van der Waals surface area contributed by atoms with E-state index >= 15 is 0 Å². The van der Waals surface area contributed by atoms with Crippen LogP contribution in [-0.2, 0) is 9.59 Å². The molecule has 1 fully saturated rings. The lowest BCUT2D eigenvalue weighted by atomic mass is 10.2. The van der Waals surface area contributed by atoms with E-state index in [2.05, 4.69) is 0 Å². The Morgan fingerprint density at radius 2 is 2.20 bits per heavy atom. The van der Waals surface area contributed by atoms with E-state index in [4.69, 9.17) is 5.11 Å². The molecule has 0 aromatic carbocycles. The monoisotopic (exact) mass is 214 g/mol. The minimum atomic E-state index is -0.829. The Hall–Kier alpha value is -1.10. The van der Waals surface area contributed by atoms with Crippen LogP contribution in [0.15, 0.2) is 0 Å². The molecule has 15 heavy (non-hydrogen) atoms. The first kappa shape index (κ1) is 12.0. The first-order valence-corrected chi connectivity index (χ1v) is 5.18. The first-order valence-electron chi connectivity index (χ1n) is 5.18. The molecular formula is C10H18N2O3. The van der Waals surface area contributed by atoms with E-state index in [-0.39, 0.29) is 18.5 Å². The number of aliphatic carboxylic acids is 1. The Labute approximate surface area is 89.7 Å². The van der Waals surface area contributed by atoms with Gasteiger partial charge in [-0.1, -0.05) is 0 Å². The Balaban J connectivity index is 2.43. The van der Waals surface area contributed by atoms with E-state index in [0.717, 1.165) is 19.4 Å². The molecule has 0 radical (unpaired) electrons. The fourth-order valence-electron chi connectivity index (χ4n) is 2.10. The number of carboxylic acids is 1. The zero-order chi connectivity index (χ0) is 11.4. The topological polar surface area (TPSA) is 60.9 Å². The summed E-state index contributed by atoms with van der Waals surface area (Å²) in [5, 5.41) is 8.61. The lowest BCUT2D eigenvalue weighted by Crippen LogP contribution is -2.42. The normalized spacial score (nSPS) is 21.0. The van der Waals surface area contributed by atoms with Crippen molar-refractivity contribution in [2.24, 2.45) is 0 Å². The highest BCUT2D eigenvalue weighted by Crippen LogP contribution is 2.17. The molecule has 0 saturated carbocycles. The maximum atomic E-state index is 11.3. The summed E-state index contributed by atoms with van der Waals surface area (Å²) in [4.78, 5) is 25.3. The van der Waals surface area contributed by atoms with Crippen LogP contribution in [0.5, 0.6) is 0 Å². The molecule has 1 aliphatic rings. The van der Waals surface area contributed by atoms with Gasteiger partial charge in [0.15, 0.2) is 0 Å². The minimum Gasteiger partial charge on any atom is -0.480 e. The largest absolute Gasteiger partial charge is 0.480 e. The number of nitrogens with zero attached hydrogens (tertiary/aromatic N) is 2. The molecule has 5 nitrogen and oxygen atoms in total. The van der Waals surface area contributed by atoms with Gasteiger partial charge in [-0.2, -0.15) is 0 Å². The van der Waals surface area contributed by atoms with Crippen LogP contribution in [0.4, 0.5) is 0 Å². The Morgan fingerprint density at radius 1 is 1.53 bits per heavy atom. The summed E-state index contributed by atoms with van der Waals surface area (Å²) < 4.78 is 0. The van der Waals surface area contributed by atoms with Gasteiger partial charge in [0.25, 0.3) is 0 Å². The quantitative estimate of drug-likeness (QED) is 0.716. The number of hydrogen-bond donors (Lipinski definition) is 1. The number of likely N-dealkylation sites (tertiary alicyclic amines) is 1. The van der Waals surface area contributed by atoms with Gasteiger partial charge in [-0.25, -0.2) is 0 Å². The van der Waals surface area contributed by atoms with Crippen LogP contribution in [-0.4, -0.2) is 59.5 Å². The van der Waals surface area contributed by atoms with Crippen LogP contribution >= 0.6 is 0 Å². The molecule has 1 unspecified atom stereocenters. The third-order valence-corrected chi connectivity index (χ3v) is 2.71. The molecule has 1 N–H and O–H groups in total. The number of carboxylic acid groups (broad SMARTS) is 1. The van der Waals surface area contributed by atoms with Crippen molar-refractivity contribution in [3.05, 3.63) is 0 Å². The first-order chi connectivity index (χ1) is 7.00. The van der Waals surface area contributed by atoms with Gasteiger partial charge in [-0.05, 0) is 19.9 Å². The number of carbonyl (C=O) groups excluding carboxylic acids is 1. The standard InChI is InChI=1S/C10H18N2O3/c1-8(13)12-5-3-4-9(12)6-11(2)7-10(14)15/h9H,3-7H2,1-2H3,(H,14,15). The Bertz CT molecular complexity index is 255. The molecule has 0 spiro atoms. The van der Waals surface area contributed by atoms with Crippen molar-refractivity contribution in [2.75, 3.05) is 26.7 Å². The van der Waals surface area contributed by atoms with Crippen molar-refractivity contribution in [3.63, 3.8) is 0 Å². The average Bonchev–Trinajstić information content (AvgIpc) is 2.50. The Kier molecular flexibility index (Phi) is 4.08. The molecule has 0 aliphatic carbocycles. The molecule has 1 rings (SSSR count).